The summed E-state index contributed by atoms with van der Waals surface area (Å²) in [6, 6.07) is 0. The van der Waals surface area contributed by atoms with Gasteiger partial charge in [0.25, 0.3) is 0 Å². The van der Waals surface area contributed by atoms with Gasteiger partial charge in [0.1, 0.15) is 11.2 Å². The van der Waals surface area contributed by atoms with E-state index in [4.69, 9.17) is 4.74 Å². The van der Waals surface area contributed by atoms with Crippen LogP contribution in [-0.4, -0.2) is 28.6 Å². The van der Waals surface area contributed by atoms with Gasteiger partial charge in [-0.2, -0.15) is 0 Å². The van der Waals surface area contributed by atoms with Gasteiger partial charge in [-0.15, -0.1) is 0 Å². The molecule has 22 heavy (non-hydrogen) atoms. The third-order valence-electron chi connectivity index (χ3n) is 4.42. The lowest BCUT2D eigenvalue weighted by molar-refractivity contribution is -0.145. The second-order valence-electron chi connectivity index (χ2n) is 6.43. The van der Waals surface area contributed by atoms with Crippen molar-refractivity contribution >= 4 is 11.8 Å². The molecule has 0 aromatic heterocycles. The first-order valence-electron chi connectivity index (χ1n) is 8.34. The van der Waals surface area contributed by atoms with Crippen LogP contribution in [-0.2, 0) is 14.3 Å². The number of unbranched alkanes of at least 4 members (excludes halogenated alkanes) is 5. The molecule has 4 nitrogen and oxygen atoms in total. The zero-order valence-electron chi connectivity index (χ0n) is 13.6. The maximum Gasteiger partial charge on any atom is 0.342 e. The van der Waals surface area contributed by atoms with Crippen LogP contribution in [0.15, 0.2) is 23.3 Å². The molecule has 1 aliphatic carbocycles. The van der Waals surface area contributed by atoms with Crippen molar-refractivity contribution in [2.75, 3.05) is 0 Å². The smallest absolute Gasteiger partial charge is 0.342 e. The first-order chi connectivity index (χ1) is 10.5. The number of hydrogen-bond acceptors (Lipinski definition) is 4. The average molecular weight is 306 g/mol. The number of cyclic esters (lactones) is 1. The van der Waals surface area contributed by atoms with Crippen molar-refractivity contribution in [1.29, 1.82) is 0 Å². The maximum atomic E-state index is 12.3. The Kier molecular flexibility index (Phi) is 5.57. The Balaban J connectivity index is 1.86. The zero-order chi connectivity index (χ0) is 16.2. The Labute approximate surface area is 132 Å². The van der Waals surface area contributed by atoms with E-state index in [2.05, 4.69) is 6.92 Å². The van der Waals surface area contributed by atoms with Gasteiger partial charge in [-0.3, -0.25) is 4.79 Å². The number of ether oxygens (including phenoxy) is 1. The average Bonchev–Trinajstić information content (AvgIpc) is 3.12. The van der Waals surface area contributed by atoms with E-state index < -0.39 is 17.7 Å². The summed E-state index contributed by atoms with van der Waals surface area (Å²) in [5.74, 6) is -0.878. The lowest BCUT2D eigenvalue weighted by atomic mass is 10.0. The summed E-state index contributed by atoms with van der Waals surface area (Å²) in [7, 11) is 0. The number of esters is 1. The van der Waals surface area contributed by atoms with E-state index in [1.807, 2.05) is 6.08 Å². The predicted octanol–water partition coefficient (Wildman–Crippen LogP) is 3.24. The van der Waals surface area contributed by atoms with E-state index in [-0.39, 0.29) is 11.4 Å². The van der Waals surface area contributed by atoms with Gasteiger partial charge >= 0.3 is 5.97 Å². The molecule has 2 aliphatic rings. The number of carbonyl (C=O) groups is 2. The van der Waals surface area contributed by atoms with Gasteiger partial charge < -0.3 is 9.84 Å². The zero-order valence-corrected chi connectivity index (χ0v) is 13.6. The van der Waals surface area contributed by atoms with Crippen LogP contribution < -0.4 is 0 Å². The highest BCUT2D eigenvalue weighted by Crippen LogP contribution is 2.43. The summed E-state index contributed by atoms with van der Waals surface area (Å²) < 4.78 is 5.11. The predicted molar refractivity (Wildman–Crippen MR) is 84.3 cm³/mol. The largest absolute Gasteiger partial charge is 0.451 e. The topological polar surface area (TPSA) is 63.6 Å². The SMILES string of the molecule is CCCCCCCC=C(C)C(=O)C1=CC(C2(O)CC2)OC1=O. The van der Waals surface area contributed by atoms with E-state index >= 15 is 0 Å². The van der Waals surface area contributed by atoms with Crippen LogP contribution in [0.5, 0.6) is 0 Å². The second kappa shape index (κ2) is 7.23. The molecule has 1 aliphatic heterocycles. The van der Waals surface area contributed by atoms with Gasteiger partial charge in [-0.05, 0) is 44.3 Å². The van der Waals surface area contributed by atoms with Crippen molar-refractivity contribution in [3.05, 3.63) is 23.3 Å². The molecule has 1 fully saturated rings. The van der Waals surface area contributed by atoms with E-state index in [0.717, 1.165) is 12.8 Å². The van der Waals surface area contributed by atoms with E-state index in [1.165, 1.54) is 31.8 Å². The Morgan fingerprint density at radius 1 is 1.36 bits per heavy atom. The molecule has 0 saturated heterocycles. The maximum absolute atomic E-state index is 12.3. The Hall–Kier alpha value is -1.42. The van der Waals surface area contributed by atoms with Crippen molar-refractivity contribution in [3.8, 4) is 0 Å². The van der Waals surface area contributed by atoms with Gasteiger partial charge in [0.2, 0.25) is 0 Å². The molecule has 1 heterocycles. The molecule has 122 valence electrons. The van der Waals surface area contributed by atoms with E-state index in [9.17, 15) is 14.7 Å². The summed E-state index contributed by atoms with van der Waals surface area (Å²) in [5.41, 5.74) is -0.276. The number of allylic oxidation sites excluding steroid dienone is 2. The molecule has 0 radical (unpaired) electrons. The standard InChI is InChI=1S/C18H26O4/c1-3-4-5-6-7-8-9-13(2)16(19)14-12-15(22-17(14)20)18(21)10-11-18/h9,12,15,21H,3-8,10-11H2,1-2H3. The fourth-order valence-corrected chi connectivity index (χ4v) is 2.65. The van der Waals surface area contributed by atoms with E-state index in [1.54, 1.807) is 6.92 Å². The summed E-state index contributed by atoms with van der Waals surface area (Å²) in [6.07, 6.45) is 10.8. The highest BCUT2D eigenvalue weighted by atomic mass is 16.6. The van der Waals surface area contributed by atoms with Crippen LogP contribution in [0, 0.1) is 0 Å². The number of rotatable bonds is 9. The highest BCUT2D eigenvalue weighted by molar-refractivity contribution is 6.24. The van der Waals surface area contributed by atoms with Crippen molar-refractivity contribution in [2.45, 2.75) is 76.9 Å². The molecule has 0 bridgehead atoms. The van der Waals surface area contributed by atoms with Crippen LogP contribution in [0.1, 0.15) is 65.2 Å². The summed E-state index contributed by atoms with van der Waals surface area (Å²) >= 11 is 0. The lowest BCUT2D eigenvalue weighted by Gasteiger charge is -2.13. The van der Waals surface area contributed by atoms with Crippen molar-refractivity contribution < 1.29 is 19.4 Å². The van der Waals surface area contributed by atoms with Crippen LogP contribution in [0.3, 0.4) is 0 Å². The fraction of sp³-hybridized carbons (Fsp3) is 0.667. The Bertz CT molecular complexity index is 497. The number of hydrogen-bond donors (Lipinski definition) is 1. The van der Waals surface area contributed by atoms with Crippen LogP contribution in [0.25, 0.3) is 0 Å². The van der Waals surface area contributed by atoms with Crippen LogP contribution in [0.4, 0.5) is 0 Å². The molecule has 1 N–H and O–H groups in total. The molecule has 1 unspecified atom stereocenters. The highest BCUT2D eigenvalue weighted by Gasteiger charge is 2.52. The van der Waals surface area contributed by atoms with Crippen LogP contribution >= 0.6 is 0 Å². The molecule has 0 aromatic rings. The third kappa shape index (κ3) is 4.07. The minimum atomic E-state index is -0.936. The van der Waals surface area contributed by atoms with Gasteiger partial charge in [0, 0.05) is 0 Å². The van der Waals surface area contributed by atoms with Gasteiger partial charge in [-0.25, -0.2) is 4.79 Å². The summed E-state index contributed by atoms with van der Waals surface area (Å²) in [4.78, 5) is 24.1. The molecule has 2 rings (SSSR count). The lowest BCUT2D eigenvalue weighted by Crippen LogP contribution is -2.27. The monoisotopic (exact) mass is 306 g/mol. The van der Waals surface area contributed by atoms with Gasteiger partial charge in [0.15, 0.2) is 11.9 Å². The van der Waals surface area contributed by atoms with E-state index in [0.29, 0.717) is 18.4 Å². The molecule has 0 amide bonds. The van der Waals surface area contributed by atoms with Gasteiger partial charge in [-0.1, -0.05) is 38.7 Å². The Morgan fingerprint density at radius 2 is 2.05 bits per heavy atom. The van der Waals surface area contributed by atoms with Crippen molar-refractivity contribution in [3.63, 3.8) is 0 Å². The number of ketones is 1. The quantitative estimate of drug-likeness (QED) is 0.307. The first kappa shape index (κ1) is 16.9. The van der Waals surface area contributed by atoms with Crippen molar-refractivity contribution in [2.24, 2.45) is 0 Å². The summed E-state index contributed by atoms with van der Waals surface area (Å²) in [6.45, 7) is 3.92. The normalized spacial score (nSPS) is 23.2. The number of Topliss-reactive ketones (excluding diaryl/α,β-unsaturated/α-hetero) is 1. The molecular weight excluding hydrogens is 280 g/mol. The fourth-order valence-electron chi connectivity index (χ4n) is 2.65. The molecule has 1 atom stereocenters. The molecule has 4 heteroatoms. The molecule has 1 saturated carbocycles. The molecular formula is C18H26O4. The second-order valence-corrected chi connectivity index (χ2v) is 6.43. The first-order valence-corrected chi connectivity index (χ1v) is 8.34. The number of carbonyl (C=O) groups excluding carboxylic acids is 2. The van der Waals surface area contributed by atoms with Crippen LogP contribution in [0.2, 0.25) is 0 Å². The number of aliphatic hydroxyl groups is 1. The molecule has 0 spiro atoms. The summed E-state index contributed by atoms with van der Waals surface area (Å²) in [5, 5.41) is 9.98. The van der Waals surface area contributed by atoms with Gasteiger partial charge in [0.05, 0.1) is 0 Å². The molecule has 0 aromatic carbocycles. The Morgan fingerprint density at radius 3 is 2.68 bits per heavy atom. The third-order valence-corrected chi connectivity index (χ3v) is 4.42. The minimum absolute atomic E-state index is 0.0741. The minimum Gasteiger partial charge on any atom is -0.451 e. The van der Waals surface area contributed by atoms with Crippen molar-refractivity contribution in [1.82, 2.24) is 0 Å².